The minimum Gasteiger partial charge on any atom is -0.459 e. The minimum absolute atomic E-state index is 0.00738. The van der Waals surface area contributed by atoms with Crippen LogP contribution in [0, 0.1) is 5.92 Å². The Bertz CT molecular complexity index is 936. The van der Waals surface area contributed by atoms with Gasteiger partial charge in [-0.05, 0) is 60.1 Å². The molecule has 0 saturated heterocycles. The number of primary amides is 1. The Morgan fingerprint density at radius 3 is 2.76 bits per heavy atom. The molecule has 0 aromatic heterocycles. The Hall–Kier alpha value is -2.63. The topological polar surface area (TPSA) is 81.8 Å². The van der Waals surface area contributed by atoms with Crippen LogP contribution in [0.2, 0.25) is 0 Å². The maximum Gasteiger partial charge on any atom is 0.283 e. The molecule has 1 aliphatic heterocycles. The summed E-state index contributed by atoms with van der Waals surface area (Å²) >= 11 is 0. The molecular formula is C24H27NO4. The van der Waals surface area contributed by atoms with Crippen LogP contribution in [0.5, 0.6) is 0 Å². The molecule has 29 heavy (non-hydrogen) atoms. The first-order chi connectivity index (χ1) is 14.1. The van der Waals surface area contributed by atoms with E-state index >= 15 is 0 Å². The lowest BCUT2D eigenvalue weighted by Gasteiger charge is -2.36. The van der Waals surface area contributed by atoms with Crippen LogP contribution in [0.3, 0.4) is 0 Å². The molecule has 0 radical (unpaired) electrons. The number of fused-ring (bicyclic) bond motifs is 3. The monoisotopic (exact) mass is 393 g/mol. The Kier molecular flexibility index (Phi) is 5.69. The van der Waals surface area contributed by atoms with Gasteiger partial charge in [-0.3, -0.25) is 4.79 Å². The Morgan fingerprint density at radius 1 is 1.21 bits per heavy atom. The third-order valence-electron chi connectivity index (χ3n) is 5.86. The largest absolute Gasteiger partial charge is 0.459 e. The van der Waals surface area contributed by atoms with Crippen LogP contribution in [-0.4, -0.2) is 30.5 Å². The number of ether oxygens (including phenoxy) is 2. The smallest absolute Gasteiger partial charge is 0.283 e. The maximum absolute atomic E-state index is 11.9. The first-order valence-corrected chi connectivity index (χ1v) is 10.2. The predicted molar refractivity (Wildman–Crippen MR) is 111 cm³/mol. The van der Waals surface area contributed by atoms with Gasteiger partial charge in [0.25, 0.3) is 5.91 Å². The van der Waals surface area contributed by atoms with Gasteiger partial charge in [0.05, 0.1) is 0 Å². The third-order valence-corrected chi connectivity index (χ3v) is 5.86. The molecule has 0 fully saturated rings. The van der Waals surface area contributed by atoms with Crippen molar-refractivity contribution in [3.8, 4) is 11.1 Å². The van der Waals surface area contributed by atoms with E-state index in [2.05, 4.69) is 42.5 Å². The number of aliphatic hydroxyl groups is 1. The van der Waals surface area contributed by atoms with Crippen molar-refractivity contribution in [3.63, 3.8) is 0 Å². The molecule has 3 atom stereocenters. The molecule has 0 spiro atoms. The molecule has 152 valence electrons. The number of carbonyl (C=O) groups is 1. The van der Waals surface area contributed by atoms with Gasteiger partial charge in [-0.1, -0.05) is 42.5 Å². The van der Waals surface area contributed by atoms with Crippen LogP contribution >= 0.6 is 0 Å². The van der Waals surface area contributed by atoms with Gasteiger partial charge >= 0.3 is 0 Å². The van der Waals surface area contributed by atoms with Gasteiger partial charge in [-0.2, -0.15) is 0 Å². The van der Waals surface area contributed by atoms with E-state index in [0.29, 0.717) is 13.0 Å². The lowest BCUT2D eigenvalue weighted by atomic mass is 9.80. The highest BCUT2D eigenvalue weighted by Crippen LogP contribution is 2.43. The van der Waals surface area contributed by atoms with Crippen molar-refractivity contribution in [1.82, 2.24) is 0 Å². The second kappa shape index (κ2) is 8.39. The molecule has 2 aliphatic rings. The minimum atomic E-state index is -0.589. The van der Waals surface area contributed by atoms with Gasteiger partial charge in [0.1, 0.15) is 0 Å². The number of amides is 1. The summed E-state index contributed by atoms with van der Waals surface area (Å²) in [5.41, 5.74) is 11.8. The fourth-order valence-electron chi connectivity index (χ4n) is 4.53. The fourth-order valence-corrected chi connectivity index (χ4v) is 4.53. The zero-order valence-corrected chi connectivity index (χ0v) is 16.6. The molecule has 3 N–H and O–H groups in total. The molecule has 2 aromatic rings. The molecule has 0 bridgehead atoms. The first-order valence-electron chi connectivity index (χ1n) is 10.2. The highest BCUT2D eigenvalue weighted by Gasteiger charge is 2.37. The van der Waals surface area contributed by atoms with Gasteiger partial charge in [0, 0.05) is 25.0 Å². The van der Waals surface area contributed by atoms with Crippen LogP contribution in [-0.2, 0) is 20.7 Å². The summed E-state index contributed by atoms with van der Waals surface area (Å²) < 4.78 is 11.6. The fraction of sp³-hybridized carbons (Fsp3) is 0.375. The molecular weight excluding hydrogens is 366 g/mol. The number of carbonyl (C=O) groups excluding carboxylic acids is 1. The van der Waals surface area contributed by atoms with Crippen LogP contribution in [0.25, 0.3) is 11.1 Å². The van der Waals surface area contributed by atoms with Crippen molar-refractivity contribution in [2.24, 2.45) is 11.7 Å². The van der Waals surface area contributed by atoms with Crippen LogP contribution in [0.1, 0.15) is 42.4 Å². The van der Waals surface area contributed by atoms with Crippen molar-refractivity contribution in [3.05, 3.63) is 71.0 Å². The van der Waals surface area contributed by atoms with Gasteiger partial charge in [-0.25, -0.2) is 0 Å². The Labute approximate surface area is 171 Å². The highest BCUT2D eigenvalue weighted by atomic mass is 16.7. The van der Waals surface area contributed by atoms with Gasteiger partial charge in [-0.15, -0.1) is 0 Å². The second-order valence-electron chi connectivity index (χ2n) is 7.64. The summed E-state index contributed by atoms with van der Waals surface area (Å²) in [6, 6.07) is 15.0. The van der Waals surface area contributed by atoms with Crippen molar-refractivity contribution < 1.29 is 19.4 Å². The SMILES string of the molecule is CCO[C@@H]1OC(C(N)=O)=C[C@H](c2ccc3c(c2)Cc2ccccc2-3)[C@H]1CCCO. The zero-order valence-electron chi connectivity index (χ0n) is 16.6. The van der Waals surface area contributed by atoms with Crippen LogP contribution in [0.4, 0.5) is 0 Å². The average molecular weight is 393 g/mol. The molecule has 0 saturated carbocycles. The van der Waals surface area contributed by atoms with E-state index in [0.717, 1.165) is 18.4 Å². The number of allylic oxidation sites excluding steroid dienone is 1. The van der Waals surface area contributed by atoms with Crippen molar-refractivity contribution in [2.45, 2.75) is 38.4 Å². The van der Waals surface area contributed by atoms with Gasteiger partial charge < -0.3 is 20.3 Å². The Morgan fingerprint density at radius 2 is 2.00 bits per heavy atom. The molecule has 2 aromatic carbocycles. The molecule has 5 nitrogen and oxygen atoms in total. The summed E-state index contributed by atoms with van der Waals surface area (Å²) in [5, 5.41) is 9.37. The molecule has 4 rings (SSSR count). The van der Waals surface area contributed by atoms with Crippen LogP contribution < -0.4 is 5.73 Å². The summed E-state index contributed by atoms with van der Waals surface area (Å²) in [6.45, 7) is 2.48. The second-order valence-corrected chi connectivity index (χ2v) is 7.64. The van der Waals surface area contributed by atoms with E-state index in [1.165, 1.54) is 22.3 Å². The molecule has 1 amide bonds. The third kappa shape index (κ3) is 3.80. The molecule has 5 heteroatoms. The highest BCUT2D eigenvalue weighted by molar-refractivity contribution is 5.90. The number of aliphatic hydroxyl groups excluding tert-OH is 1. The maximum atomic E-state index is 11.9. The standard InChI is InChI=1S/C24H27NO4/c1-2-28-24-20(8-5-11-26)21(14-22(29-24)23(25)27)16-9-10-19-17(13-16)12-15-6-3-4-7-18(15)19/h3-4,6-7,9-10,13-14,20-21,24,26H,2,5,8,11-12H2,1H3,(H2,25,27)/t20-,21-,24-/m1/s1. The van der Waals surface area contributed by atoms with Crippen molar-refractivity contribution in [2.75, 3.05) is 13.2 Å². The summed E-state index contributed by atoms with van der Waals surface area (Å²) in [5.74, 6) is -0.512. The van der Waals surface area contributed by atoms with E-state index < -0.39 is 12.2 Å². The average Bonchev–Trinajstić information content (AvgIpc) is 3.10. The van der Waals surface area contributed by atoms with E-state index in [1.807, 2.05) is 13.0 Å². The van der Waals surface area contributed by atoms with E-state index in [9.17, 15) is 9.90 Å². The van der Waals surface area contributed by atoms with Gasteiger partial charge in [0.15, 0.2) is 5.76 Å². The lowest BCUT2D eigenvalue weighted by Crippen LogP contribution is -2.37. The van der Waals surface area contributed by atoms with Crippen LogP contribution in [0.15, 0.2) is 54.3 Å². The molecule has 1 aliphatic carbocycles. The summed E-state index contributed by atoms with van der Waals surface area (Å²) in [6.07, 6.45) is 3.54. The normalized spacial score (nSPS) is 22.4. The van der Waals surface area contributed by atoms with Crippen molar-refractivity contribution in [1.29, 1.82) is 0 Å². The molecule has 1 heterocycles. The van der Waals surface area contributed by atoms with E-state index in [-0.39, 0.29) is 24.2 Å². The number of hydrogen-bond acceptors (Lipinski definition) is 4. The summed E-state index contributed by atoms with van der Waals surface area (Å²) in [7, 11) is 0. The first kappa shape index (κ1) is 19.7. The predicted octanol–water partition coefficient (Wildman–Crippen LogP) is 3.49. The number of hydrogen-bond donors (Lipinski definition) is 2. The summed E-state index contributed by atoms with van der Waals surface area (Å²) in [4.78, 5) is 11.9. The van der Waals surface area contributed by atoms with Gasteiger partial charge in [0.2, 0.25) is 6.29 Å². The quantitative estimate of drug-likeness (QED) is 0.644. The van der Waals surface area contributed by atoms with Crippen molar-refractivity contribution >= 4 is 5.91 Å². The number of rotatable bonds is 7. The number of nitrogens with two attached hydrogens (primary N) is 1. The zero-order chi connectivity index (χ0) is 20.4. The lowest BCUT2D eigenvalue weighted by molar-refractivity contribution is -0.165. The number of benzene rings is 2. The van der Waals surface area contributed by atoms with E-state index in [4.69, 9.17) is 15.2 Å². The Balaban J connectivity index is 1.72. The van der Waals surface area contributed by atoms with E-state index in [1.54, 1.807) is 0 Å². The molecule has 0 unspecified atom stereocenters.